The number of pyridine rings is 1. The number of methoxy groups -OCH3 is 2. The molecule has 0 saturated heterocycles. The lowest BCUT2D eigenvalue weighted by Crippen LogP contribution is -2.25. The minimum absolute atomic E-state index is 0.828. The molecular formula is C30H39N3O2. The number of fused-ring (bicyclic) bond motifs is 1. The molecule has 0 unspecified atom stereocenters. The first-order valence-corrected chi connectivity index (χ1v) is 12.8. The van der Waals surface area contributed by atoms with Crippen molar-refractivity contribution in [2.75, 3.05) is 27.3 Å². The van der Waals surface area contributed by atoms with E-state index in [0.29, 0.717) is 0 Å². The molecule has 4 rings (SSSR count). The van der Waals surface area contributed by atoms with Gasteiger partial charge in [0.1, 0.15) is 0 Å². The Balaban J connectivity index is 1.21. The van der Waals surface area contributed by atoms with Crippen LogP contribution in [0.2, 0.25) is 0 Å². The van der Waals surface area contributed by atoms with Crippen molar-refractivity contribution in [2.24, 2.45) is 0 Å². The van der Waals surface area contributed by atoms with E-state index in [1.165, 1.54) is 47.9 Å². The predicted molar refractivity (Wildman–Crippen MR) is 142 cm³/mol. The minimum Gasteiger partial charge on any atom is -0.493 e. The molecule has 2 heterocycles. The lowest BCUT2D eigenvalue weighted by Gasteiger charge is -2.23. The predicted octanol–water partition coefficient (Wildman–Crippen LogP) is 5.99. The van der Waals surface area contributed by atoms with Gasteiger partial charge in [-0.15, -0.1) is 0 Å². The molecule has 0 N–H and O–H groups in total. The summed E-state index contributed by atoms with van der Waals surface area (Å²) >= 11 is 0. The fourth-order valence-corrected chi connectivity index (χ4v) is 4.94. The molecule has 1 aromatic heterocycles. The first-order valence-electron chi connectivity index (χ1n) is 12.8. The molecule has 0 bridgehead atoms. The molecule has 0 radical (unpaired) electrons. The number of aromatic nitrogens is 1. The van der Waals surface area contributed by atoms with Crippen LogP contribution in [0.15, 0.2) is 60.8 Å². The number of hydrogen-bond acceptors (Lipinski definition) is 5. The van der Waals surface area contributed by atoms with Crippen molar-refractivity contribution in [1.29, 1.82) is 0 Å². The van der Waals surface area contributed by atoms with Gasteiger partial charge < -0.3 is 9.47 Å². The minimum atomic E-state index is 0.828. The monoisotopic (exact) mass is 473 g/mol. The Labute approximate surface area is 210 Å². The van der Waals surface area contributed by atoms with Crippen LogP contribution in [0.1, 0.15) is 53.6 Å². The van der Waals surface area contributed by atoms with Crippen molar-refractivity contribution in [3.63, 3.8) is 0 Å². The number of ether oxygens (including phenoxy) is 2. The Morgan fingerprint density at radius 3 is 2.17 bits per heavy atom. The van der Waals surface area contributed by atoms with Gasteiger partial charge >= 0.3 is 0 Å². The Hall–Kier alpha value is -2.89. The first kappa shape index (κ1) is 25.2. The lowest BCUT2D eigenvalue weighted by molar-refractivity contribution is 0.243. The second-order valence-corrected chi connectivity index (χ2v) is 9.56. The Bertz CT molecular complexity index is 1040. The SMILES string of the molecule is COc1cc2c(cc1OC)CN(CCCCCCN(Cc1ccccn1)Cc1ccccc1C)C2. The number of nitrogens with zero attached hydrogens (tertiary/aromatic N) is 3. The molecule has 0 saturated carbocycles. The van der Waals surface area contributed by atoms with Crippen molar-refractivity contribution in [3.8, 4) is 11.5 Å². The van der Waals surface area contributed by atoms with Gasteiger partial charge in [0.15, 0.2) is 11.5 Å². The van der Waals surface area contributed by atoms with Crippen LogP contribution in [0, 0.1) is 6.92 Å². The van der Waals surface area contributed by atoms with E-state index in [2.05, 4.69) is 70.2 Å². The quantitative estimate of drug-likeness (QED) is 0.285. The fourth-order valence-electron chi connectivity index (χ4n) is 4.94. The fraction of sp³-hybridized carbons (Fsp3) is 0.433. The van der Waals surface area contributed by atoms with Crippen LogP contribution in [0.25, 0.3) is 0 Å². The van der Waals surface area contributed by atoms with Crippen molar-refractivity contribution in [3.05, 3.63) is 88.7 Å². The van der Waals surface area contributed by atoms with Crippen LogP contribution in [-0.4, -0.2) is 42.1 Å². The molecule has 0 atom stereocenters. The molecule has 35 heavy (non-hydrogen) atoms. The third kappa shape index (κ3) is 7.06. The molecule has 0 amide bonds. The molecular weight excluding hydrogens is 434 g/mol. The topological polar surface area (TPSA) is 37.8 Å². The summed E-state index contributed by atoms with van der Waals surface area (Å²) in [6.45, 7) is 8.32. The van der Waals surface area contributed by atoms with Gasteiger partial charge in [0.25, 0.3) is 0 Å². The maximum absolute atomic E-state index is 5.47. The van der Waals surface area contributed by atoms with E-state index in [4.69, 9.17) is 9.47 Å². The zero-order chi connectivity index (χ0) is 24.5. The summed E-state index contributed by atoms with van der Waals surface area (Å²) in [6, 6.07) is 19.2. The summed E-state index contributed by atoms with van der Waals surface area (Å²) in [5.74, 6) is 1.66. The molecule has 1 aliphatic heterocycles. The van der Waals surface area contributed by atoms with Crippen molar-refractivity contribution >= 4 is 0 Å². The van der Waals surface area contributed by atoms with Gasteiger partial charge in [-0.05, 0) is 79.4 Å². The number of rotatable bonds is 13. The van der Waals surface area contributed by atoms with E-state index < -0.39 is 0 Å². The van der Waals surface area contributed by atoms with Gasteiger partial charge in [-0.2, -0.15) is 0 Å². The van der Waals surface area contributed by atoms with E-state index in [-0.39, 0.29) is 0 Å². The lowest BCUT2D eigenvalue weighted by atomic mass is 10.1. The summed E-state index contributed by atoms with van der Waals surface area (Å²) in [4.78, 5) is 9.64. The molecule has 1 aliphatic rings. The highest BCUT2D eigenvalue weighted by Crippen LogP contribution is 2.35. The van der Waals surface area contributed by atoms with E-state index >= 15 is 0 Å². The number of hydrogen-bond donors (Lipinski definition) is 0. The van der Waals surface area contributed by atoms with E-state index in [1.807, 2.05) is 12.3 Å². The van der Waals surface area contributed by atoms with Gasteiger partial charge in [-0.3, -0.25) is 14.8 Å². The zero-order valence-electron chi connectivity index (χ0n) is 21.5. The molecule has 3 aromatic rings. The Morgan fingerprint density at radius 2 is 1.51 bits per heavy atom. The average Bonchev–Trinajstić information content (AvgIpc) is 3.28. The summed E-state index contributed by atoms with van der Waals surface area (Å²) in [5.41, 5.74) is 6.64. The highest BCUT2D eigenvalue weighted by molar-refractivity contribution is 5.48. The summed E-state index contributed by atoms with van der Waals surface area (Å²) < 4.78 is 10.9. The first-order chi connectivity index (χ1) is 17.2. The third-order valence-corrected chi connectivity index (χ3v) is 6.96. The van der Waals surface area contributed by atoms with E-state index in [0.717, 1.165) is 56.5 Å². The van der Waals surface area contributed by atoms with Crippen LogP contribution in [0.4, 0.5) is 0 Å². The maximum Gasteiger partial charge on any atom is 0.161 e. The van der Waals surface area contributed by atoms with E-state index in [9.17, 15) is 0 Å². The standard InChI is InChI=1S/C30H39N3O2/c1-24-12-6-7-13-25(24)20-33(23-28-14-8-9-15-31-28)17-11-5-4-10-16-32-21-26-18-29(34-2)30(35-3)19-27(26)22-32/h6-9,12-15,18-19H,4-5,10-11,16-17,20-23H2,1-3H3. The van der Waals surface area contributed by atoms with E-state index in [1.54, 1.807) is 14.2 Å². The van der Waals surface area contributed by atoms with Crippen LogP contribution < -0.4 is 9.47 Å². The second-order valence-electron chi connectivity index (χ2n) is 9.56. The molecule has 186 valence electrons. The molecule has 0 spiro atoms. The summed E-state index contributed by atoms with van der Waals surface area (Å²) in [7, 11) is 3.41. The normalized spacial score (nSPS) is 13.3. The van der Waals surface area contributed by atoms with Gasteiger partial charge in [0.05, 0.1) is 19.9 Å². The molecule has 0 aliphatic carbocycles. The largest absolute Gasteiger partial charge is 0.493 e. The van der Waals surface area contributed by atoms with Gasteiger partial charge in [0, 0.05) is 32.4 Å². The summed E-state index contributed by atoms with van der Waals surface area (Å²) in [6.07, 6.45) is 6.87. The van der Waals surface area contributed by atoms with Gasteiger partial charge in [0.2, 0.25) is 0 Å². The maximum atomic E-state index is 5.47. The number of aryl methyl sites for hydroxylation is 1. The molecule has 5 heteroatoms. The third-order valence-electron chi connectivity index (χ3n) is 6.96. The second kappa shape index (κ2) is 12.7. The van der Waals surface area contributed by atoms with Crippen molar-refractivity contribution in [2.45, 2.75) is 58.8 Å². The molecule has 5 nitrogen and oxygen atoms in total. The van der Waals surface area contributed by atoms with Gasteiger partial charge in [-0.1, -0.05) is 43.2 Å². The Kier molecular flexibility index (Phi) is 9.15. The van der Waals surface area contributed by atoms with Crippen LogP contribution in [0.5, 0.6) is 11.5 Å². The smallest absolute Gasteiger partial charge is 0.161 e. The zero-order valence-corrected chi connectivity index (χ0v) is 21.5. The number of benzene rings is 2. The average molecular weight is 474 g/mol. The number of unbranched alkanes of at least 4 members (excludes halogenated alkanes) is 3. The van der Waals surface area contributed by atoms with Crippen LogP contribution in [0.3, 0.4) is 0 Å². The molecule has 2 aromatic carbocycles. The Morgan fingerprint density at radius 1 is 0.829 bits per heavy atom. The highest BCUT2D eigenvalue weighted by Gasteiger charge is 2.21. The highest BCUT2D eigenvalue weighted by atomic mass is 16.5. The van der Waals surface area contributed by atoms with Crippen LogP contribution in [-0.2, 0) is 26.2 Å². The molecule has 0 fully saturated rings. The van der Waals surface area contributed by atoms with Gasteiger partial charge in [-0.25, -0.2) is 0 Å². The van der Waals surface area contributed by atoms with Crippen molar-refractivity contribution in [1.82, 2.24) is 14.8 Å². The summed E-state index contributed by atoms with van der Waals surface area (Å²) in [5, 5.41) is 0. The van der Waals surface area contributed by atoms with Crippen LogP contribution >= 0.6 is 0 Å². The van der Waals surface area contributed by atoms with Crippen molar-refractivity contribution < 1.29 is 9.47 Å².